The Morgan fingerprint density at radius 2 is 2.35 bits per heavy atom. The van der Waals surface area contributed by atoms with Gasteiger partial charge in [0.15, 0.2) is 0 Å². The predicted molar refractivity (Wildman–Crippen MR) is 77.5 cm³/mol. The third-order valence-corrected chi connectivity index (χ3v) is 3.98. The summed E-state index contributed by atoms with van der Waals surface area (Å²) >= 11 is 8.06. The highest BCUT2D eigenvalue weighted by molar-refractivity contribution is 14.1. The van der Waals surface area contributed by atoms with Gasteiger partial charge in [0.25, 0.3) is 5.91 Å². The first kappa shape index (κ1) is 13.1. The maximum Gasteiger partial charge on any atom is 0.252 e. The fraction of sp³-hybridized carbons (Fsp3) is 0.417. The molecule has 0 bridgehead atoms. The van der Waals surface area contributed by atoms with Crippen LogP contribution in [0.25, 0.3) is 0 Å². The fourth-order valence-electron chi connectivity index (χ4n) is 1.91. The number of amides is 1. The topological polar surface area (TPSA) is 41.1 Å². The van der Waals surface area contributed by atoms with Gasteiger partial charge in [0.2, 0.25) is 0 Å². The van der Waals surface area contributed by atoms with Crippen LogP contribution in [0.2, 0.25) is 5.02 Å². The van der Waals surface area contributed by atoms with Crippen LogP contribution in [0.3, 0.4) is 0 Å². The van der Waals surface area contributed by atoms with E-state index in [0.29, 0.717) is 10.6 Å². The number of piperidine rings is 1. The maximum atomic E-state index is 12.1. The summed E-state index contributed by atoms with van der Waals surface area (Å²) in [6.07, 6.45) is 2.15. The summed E-state index contributed by atoms with van der Waals surface area (Å²) in [7, 11) is 0. The Kier molecular flexibility index (Phi) is 4.64. The summed E-state index contributed by atoms with van der Waals surface area (Å²) in [5.74, 6) is -0.0365. The van der Waals surface area contributed by atoms with Crippen molar-refractivity contribution in [3.8, 4) is 0 Å². The molecule has 3 nitrogen and oxygen atoms in total. The summed E-state index contributed by atoms with van der Waals surface area (Å²) in [6.45, 7) is 1.89. The zero-order valence-electron chi connectivity index (χ0n) is 9.30. The van der Waals surface area contributed by atoms with E-state index in [-0.39, 0.29) is 11.9 Å². The highest BCUT2D eigenvalue weighted by Crippen LogP contribution is 2.18. The SMILES string of the molecule is O=C(N[C@H]1CCCNC1)c1cc(Cl)ccc1I. The summed E-state index contributed by atoms with van der Waals surface area (Å²) < 4.78 is 0.924. The van der Waals surface area contributed by atoms with Crippen LogP contribution in [0.5, 0.6) is 0 Å². The molecule has 1 aliphatic heterocycles. The van der Waals surface area contributed by atoms with E-state index in [1.807, 2.05) is 6.07 Å². The second kappa shape index (κ2) is 6.02. The zero-order valence-corrected chi connectivity index (χ0v) is 12.2. The molecule has 2 N–H and O–H groups in total. The minimum Gasteiger partial charge on any atom is -0.348 e. The largest absolute Gasteiger partial charge is 0.348 e. The van der Waals surface area contributed by atoms with Gasteiger partial charge in [-0.05, 0) is 60.2 Å². The van der Waals surface area contributed by atoms with Crippen LogP contribution in [-0.4, -0.2) is 25.0 Å². The summed E-state index contributed by atoms with van der Waals surface area (Å²) in [6, 6.07) is 5.60. The van der Waals surface area contributed by atoms with Crippen LogP contribution in [0.15, 0.2) is 18.2 Å². The minimum absolute atomic E-state index is 0.0365. The van der Waals surface area contributed by atoms with Gasteiger partial charge in [-0.1, -0.05) is 11.6 Å². The van der Waals surface area contributed by atoms with Crippen LogP contribution in [0.1, 0.15) is 23.2 Å². The van der Waals surface area contributed by atoms with Crippen LogP contribution in [0.4, 0.5) is 0 Å². The molecule has 1 aliphatic rings. The Hall–Kier alpha value is -0.330. The molecule has 5 heteroatoms. The molecular weight excluding hydrogens is 351 g/mol. The number of carbonyl (C=O) groups is 1. The highest BCUT2D eigenvalue weighted by Gasteiger charge is 2.17. The molecule has 1 heterocycles. The number of carbonyl (C=O) groups excluding carboxylic acids is 1. The Bertz CT molecular complexity index is 419. The van der Waals surface area contributed by atoms with Gasteiger partial charge < -0.3 is 10.6 Å². The van der Waals surface area contributed by atoms with Crippen molar-refractivity contribution in [1.29, 1.82) is 0 Å². The molecule has 0 aromatic heterocycles. The highest BCUT2D eigenvalue weighted by atomic mass is 127. The average Bonchev–Trinajstić information content (AvgIpc) is 2.33. The predicted octanol–water partition coefficient (Wildman–Crippen LogP) is 2.43. The number of rotatable bonds is 2. The lowest BCUT2D eigenvalue weighted by molar-refractivity contribution is 0.0930. The average molecular weight is 365 g/mol. The summed E-state index contributed by atoms with van der Waals surface area (Å²) in [5, 5.41) is 6.91. The molecule has 17 heavy (non-hydrogen) atoms. The number of hydrogen-bond acceptors (Lipinski definition) is 2. The van der Waals surface area contributed by atoms with Crippen molar-refractivity contribution in [3.05, 3.63) is 32.4 Å². The van der Waals surface area contributed by atoms with Gasteiger partial charge in [-0.15, -0.1) is 0 Å². The molecule has 1 fully saturated rings. The van der Waals surface area contributed by atoms with E-state index in [1.54, 1.807) is 12.1 Å². The molecule has 1 atom stereocenters. The zero-order chi connectivity index (χ0) is 12.3. The van der Waals surface area contributed by atoms with E-state index < -0.39 is 0 Å². The third-order valence-electron chi connectivity index (χ3n) is 2.81. The van der Waals surface area contributed by atoms with Crippen molar-refractivity contribution in [1.82, 2.24) is 10.6 Å². The molecule has 92 valence electrons. The summed E-state index contributed by atoms with van der Waals surface area (Å²) in [4.78, 5) is 12.1. The van der Waals surface area contributed by atoms with E-state index in [2.05, 4.69) is 33.2 Å². The first-order chi connectivity index (χ1) is 8.16. The molecule has 0 saturated carbocycles. The van der Waals surface area contributed by atoms with Crippen molar-refractivity contribution < 1.29 is 4.79 Å². The maximum absolute atomic E-state index is 12.1. The fourth-order valence-corrected chi connectivity index (χ4v) is 2.66. The number of halogens is 2. The Labute approximate surface area is 119 Å². The van der Waals surface area contributed by atoms with Crippen LogP contribution in [-0.2, 0) is 0 Å². The Morgan fingerprint density at radius 1 is 1.53 bits per heavy atom. The van der Waals surface area contributed by atoms with Crippen molar-refractivity contribution in [2.24, 2.45) is 0 Å². The molecule has 2 rings (SSSR count). The number of hydrogen-bond donors (Lipinski definition) is 2. The summed E-state index contributed by atoms with van der Waals surface area (Å²) in [5.41, 5.74) is 0.656. The number of nitrogens with one attached hydrogen (secondary N) is 2. The van der Waals surface area contributed by atoms with Gasteiger partial charge in [-0.3, -0.25) is 4.79 Å². The third kappa shape index (κ3) is 3.56. The molecule has 0 unspecified atom stereocenters. The Balaban J connectivity index is 2.05. The Morgan fingerprint density at radius 3 is 3.06 bits per heavy atom. The van der Waals surface area contributed by atoms with Gasteiger partial charge in [-0.2, -0.15) is 0 Å². The standard InChI is InChI=1S/C12H14ClIN2O/c13-8-3-4-11(14)10(6-8)12(17)16-9-2-1-5-15-7-9/h3-4,6,9,15H,1-2,5,7H2,(H,16,17)/t9-/m0/s1. The van der Waals surface area contributed by atoms with Crippen LogP contribution >= 0.6 is 34.2 Å². The lowest BCUT2D eigenvalue weighted by Crippen LogP contribution is -2.45. The lowest BCUT2D eigenvalue weighted by atomic mass is 10.1. The molecule has 1 amide bonds. The van der Waals surface area contributed by atoms with E-state index in [1.165, 1.54) is 0 Å². The van der Waals surface area contributed by atoms with Crippen molar-refractivity contribution >= 4 is 40.1 Å². The molecule has 0 radical (unpaired) electrons. The van der Waals surface area contributed by atoms with E-state index in [4.69, 9.17) is 11.6 Å². The molecule has 1 aromatic rings. The van der Waals surface area contributed by atoms with Gasteiger partial charge in [0.1, 0.15) is 0 Å². The van der Waals surface area contributed by atoms with Crippen LogP contribution in [0, 0.1) is 3.57 Å². The lowest BCUT2D eigenvalue weighted by Gasteiger charge is -2.24. The van der Waals surface area contributed by atoms with Gasteiger partial charge >= 0.3 is 0 Å². The van der Waals surface area contributed by atoms with Gasteiger partial charge in [-0.25, -0.2) is 0 Å². The normalized spacial score (nSPS) is 20.0. The molecular formula is C12H14ClIN2O. The van der Waals surface area contributed by atoms with Crippen molar-refractivity contribution in [2.75, 3.05) is 13.1 Å². The van der Waals surface area contributed by atoms with Crippen molar-refractivity contribution in [3.63, 3.8) is 0 Å². The monoisotopic (exact) mass is 364 g/mol. The smallest absolute Gasteiger partial charge is 0.252 e. The first-order valence-electron chi connectivity index (χ1n) is 5.63. The quantitative estimate of drug-likeness (QED) is 0.792. The van der Waals surface area contributed by atoms with Crippen molar-refractivity contribution in [2.45, 2.75) is 18.9 Å². The second-order valence-corrected chi connectivity index (χ2v) is 5.74. The minimum atomic E-state index is -0.0365. The van der Waals surface area contributed by atoms with Gasteiger partial charge in [0, 0.05) is 21.2 Å². The molecule has 1 aromatic carbocycles. The first-order valence-corrected chi connectivity index (χ1v) is 7.09. The van der Waals surface area contributed by atoms with E-state index >= 15 is 0 Å². The molecule has 1 saturated heterocycles. The van der Waals surface area contributed by atoms with E-state index in [0.717, 1.165) is 29.5 Å². The van der Waals surface area contributed by atoms with E-state index in [9.17, 15) is 4.79 Å². The molecule has 0 spiro atoms. The van der Waals surface area contributed by atoms with Gasteiger partial charge in [0.05, 0.1) is 5.56 Å². The number of benzene rings is 1. The molecule has 0 aliphatic carbocycles. The van der Waals surface area contributed by atoms with Crippen LogP contribution < -0.4 is 10.6 Å². The second-order valence-electron chi connectivity index (χ2n) is 4.14.